The Hall–Kier alpha value is -2.15. The second-order valence-corrected chi connectivity index (χ2v) is 7.24. The molecule has 3 heterocycles. The molecule has 1 aliphatic carbocycles. The number of pyridine rings is 1. The van der Waals surface area contributed by atoms with Gasteiger partial charge >= 0.3 is 0 Å². The summed E-state index contributed by atoms with van der Waals surface area (Å²) in [6.45, 7) is 1.46. The molecule has 7 nitrogen and oxygen atoms in total. The van der Waals surface area contributed by atoms with Crippen molar-refractivity contribution < 1.29 is 19.1 Å². The van der Waals surface area contributed by atoms with E-state index in [1.165, 1.54) is 12.8 Å². The first-order valence-electron chi connectivity index (χ1n) is 9.44. The number of methoxy groups -OCH3 is 1. The monoisotopic (exact) mass is 359 g/mol. The van der Waals surface area contributed by atoms with Crippen LogP contribution in [0.4, 0.5) is 0 Å². The lowest BCUT2D eigenvalue weighted by molar-refractivity contribution is -0.130. The summed E-state index contributed by atoms with van der Waals surface area (Å²) in [6, 6.07) is 2.15. The molecule has 0 unspecified atom stereocenters. The van der Waals surface area contributed by atoms with Crippen LogP contribution in [-0.4, -0.2) is 47.6 Å². The average molecular weight is 359 g/mol. The van der Waals surface area contributed by atoms with Crippen molar-refractivity contribution in [3.05, 3.63) is 22.9 Å². The molecule has 2 amide bonds. The van der Waals surface area contributed by atoms with Crippen LogP contribution in [0.1, 0.15) is 60.1 Å². The topological polar surface area (TPSA) is 80.8 Å². The predicted octanol–water partition coefficient (Wildman–Crippen LogP) is 1.78. The van der Waals surface area contributed by atoms with Gasteiger partial charge in [-0.1, -0.05) is 12.8 Å². The van der Waals surface area contributed by atoms with Crippen LogP contribution in [-0.2, 0) is 22.6 Å². The van der Waals surface area contributed by atoms with Crippen molar-refractivity contribution in [2.24, 2.45) is 0 Å². The quantitative estimate of drug-likeness (QED) is 0.867. The molecule has 0 bridgehead atoms. The highest BCUT2D eigenvalue weighted by atomic mass is 16.5. The summed E-state index contributed by atoms with van der Waals surface area (Å²) in [5.41, 5.74) is 2.13. The molecular formula is C19H25N3O4. The molecule has 1 aromatic heterocycles. The number of nitrogens with zero attached hydrogens (tertiary/aromatic N) is 2. The third-order valence-electron chi connectivity index (χ3n) is 5.59. The Balaban J connectivity index is 1.50. The van der Waals surface area contributed by atoms with E-state index in [0.29, 0.717) is 30.6 Å². The standard InChI is InChI=1S/C19H25N3O4/c1-25-18-12(10-20-17(23)16-7-4-8-26-16)9-14-15(21-18)11-22(19(14)24)13-5-2-3-6-13/h9,13,16H,2-8,10-11H2,1H3,(H,20,23)/t16-/m0/s1. The molecule has 140 valence electrons. The Bertz CT molecular complexity index is 709. The van der Waals surface area contributed by atoms with Crippen molar-refractivity contribution in [1.82, 2.24) is 15.2 Å². The number of hydrogen-bond donors (Lipinski definition) is 1. The van der Waals surface area contributed by atoms with Crippen LogP contribution in [0.25, 0.3) is 0 Å². The molecule has 2 fully saturated rings. The second kappa shape index (κ2) is 7.23. The summed E-state index contributed by atoms with van der Waals surface area (Å²) in [7, 11) is 1.56. The molecule has 0 spiro atoms. The summed E-state index contributed by atoms with van der Waals surface area (Å²) < 4.78 is 10.8. The number of amides is 2. The van der Waals surface area contributed by atoms with Gasteiger partial charge in [-0.3, -0.25) is 9.59 Å². The highest BCUT2D eigenvalue weighted by molar-refractivity contribution is 5.98. The number of rotatable bonds is 5. The van der Waals surface area contributed by atoms with Gasteiger partial charge in [-0.15, -0.1) is 0 Å². The minimum Gasteiger partial charge on any atom is -0.481 e. The second-order valence-electron chi connectivity index (χ2n) is 7.24. The van der Waals surface area contributed by atoms with Crippen molar-refractivity contribution in [1.29, 1.82) is 0 Å². The van der Waals surface area contributed by atoms with Crippen LogP contribution in [0, 0.1) is 0 Å². The van der Waals surface area contributed by atoms with Gasteiger partial charge in [-0.2, -0.15) is 0 Å². The Kier molecular flexibility index (Phi) is 4.80. The number of carbonyl (C=O) groups is 2. The minimum absolute atomic E-state index is 0.0498. The van der Waals surface area contributed by atoms with Crippen molar-refractivity contribution in [3.63, 3.8) is 0 Å². The molecule has 0 aromatic carbocycles. The molecule has 1 saturated carbocycles. The molecule has 1 aromatic rings. The maximum atomic E-state index is 12.8. The van der Waals surface area contributed by atoms with Crippen molar-refractivity contribution in [2.45, 2.75) is 63.8 Å². The Morgan fingerprint density at radius 1 is 1.35 bits per heavy atom. The Morgan fingerprint density at radius 2 is 2.15 bits per heavy atom. The lowest BCUT2D eigenvalue weighted by Gasteiger charge is -2.22. The van der Waals surface area contributed by atoms with E-state index in [0.717, 1.165) is 36.9 Å². The van der Waals surface area contributed by atoms with Crippen LogP contribution < -0.4 is 10.1 Å². The molecule has 3 aliphatic rings. The van der Waals surface area contributed by atoms with E-state index < -0.39 is 0 Å². The number of fused-ring (bicyclic) bond motifs is 1. The van der Waals surface area contributed by atoms with Gasteiger partial charge < -0.3 is 19.7 Å². The summed E-state index contributed by atoms with van der Waals surface area (Å²) in [6.07, 6.45) is 5.79. The number of aromatic nitrogens is 1. The molecule has 1 saturated heterocycles. The Morgan fingerprint density at radius 3 is 2.85 bits per heavy atom. The Labute approximate surface area is 153 Å². The van der Waals surface area contributed by atoms with E-state index in [4.69, 9.17) is 9.47 Å². The zero-order valence-corrected chi connectivity index (χ0v) is 15.1. The van der Waals surface area contributed by atoms with E-state index >= 15 is 0 Å². The number of ether oxygens (including phenoxy) is 2. The fourth-order valence-electron chi connectivity index (χ4n) is 4.16. The summed E-state index contributed by atoms with van der Waals surface area (Å²) >= 11 is 0. The van der Waals surface area contributed by atoms with Gasteiger partial charge in [0, 0.05) is 24.8 Å². The summed E-state index contributed by atoms with van der Waals surface area (Å²) in [5.74, 6) is 0.398. The molecule has 1 atom stereocenters. The molecule has 0 radical (unpaired) electrons. The van der Waals surface area contributed by atoms with Gasteiger partial charge in [0.25, 0.3) is 5.91 Å². The van der Waals surface area contributed by atoms with Crippen LogP contribution >= 0.6 is 0 Å². The smallest absolute Gasteiger partial charge is 0.256 e. The molecule has 2 aliphatic heterocycles. The zero-order valence-electron chi connectivity index (χ0n) is 15.1. The lowest BCUT2D eigenvalue weighted by Crippen LogP contribution is -2.34. The average Bonchev–Trinajstić information content (AvgIpc) is 3.40. The first-order chi connectivity index (χ1) is 12.7. The largest absolute Gasteiger partial charge is 0.481 e. The van der Waals surface area contributed by atoms with Crippen LogP contribution in [0.5, 0.6) is 5.88 Å². The lowest BCUT2D eigenvalue weighted by atomic mass is 10.1. The normalized spacial score (nSPS) is 22.7. The minimum atomic E-state index is -0.372. The van der Waals surface area contributed by atoms with Gasteiger partial charge in [0.05, 0.1) is 24.9 Å². The highest BCUT2D eigenvalue weighted by Gasteiger charge is 2.36. The van der Waals surface area contributed by atoms with Crippen molar-refractivity contribution in [2.75, 3.05) is 13.7 Å². The molecule has 1 N–H and O–H groups in total. The maximum Gasteiger partial charge on any atom is 0.256 e. The maximum absolute atomic E-state index is 12.8. The summed E-state index contributed by atoms with van der Waals surface area (Å²) in [5, 5.41) is 2.88. The van der Waals surface area contributed by atoms with E-state index in [1.54, 1.807) is 7.11 Å². The first-order valence-corrected chi connectivity index (χ1v) is 9.44. The fraction of sp³-hybridized carbons (Fsp3) is 0.632. The van der Waals surface area contributed by atoms with Crippen molar-refractivity contribution in [3.8, 4) is 5.88 Å². The zero-order chi connectivity index (χ0) is 18.1. The van der Waals surface area contributed by atoms with Gasteiger partial charge in [-0.05, 0) is 31.7 Å². The van der Waals surface area contributed by atoms with Crippen LogP contribution in [0.2, 0.25) is 0 Å². The van der Waals surface area contributed by atoms with Gasteiger partial charge in [0.1, 0.15) is 6.10 Å². The molecule has 4 rings (SSSR count). The highest BCUT2D eigenvalue weighted by Crippen LogP contribution is 2.33. The van der Waals surface area contributed by atoms with E-state index in [1.807, 2.05) is 11.0 Å². The van der Waals surface area contributed by atoms with Crippen LogP contribution in [0.3, 0.4) is 0 Å². The van der Waals surface area contributed by atoms with E-state index in [2.05, 4.69) is 10.3 Å². The number of carbonyl (C=O) groups excluding carboxylic acids is 2. The van der Waals surface area contributed by atoms with Gasteiger partial charge in [0.15, 0.2) is 0 Å². The first kappa shape index (κ1) is 17.3. The SMILES string of the molecule is COc1nc2c(cc1CNC(=O)[C@@H]1CCCO1)C(=O)N(C1CCCC1)C2. The van der Waals surface area contributed by atoms with Gasteiger partial charge in [-0.25, -0.2) is 4.98 Å². The van der Waals surface area contributed by atoms with Crippen molar-refractivity contribution >= 4 is 11.8 Å². The number of nitrogens with one attached hydrogen (secondary N) is 1. The van der Waals surface area contributed by atoms with Crippen LogP contribution in [0.15, 0.2) is 6.07 Å². The molecular weight excluding hydrogens is 334 g/mol. The molecule has 26 heavy (non-hydrogen) atoms. The molecule has 7 heteroatoms. The predicted molar refractivity (Wildman–Crippen MR) is 93.7 cm³/mol. The third-order valence-corrected chi connectivity index (χ3v) is 5.59. The number of hydrogen-bond acceptors (Lipinski definition) is 5. The van der Waals surface area contributed by atoms with Gasteiger partial charge in [0.2, 0.25) is 11.8 Å². The van der Waals surface area contributed by atoms with E-state index in [-0.39, 0.29) is 24.5 Å². The van der Waals surface area contributed by atoms with E-state index in [9.17, 15) is 9.59 Å². The third kappa shape index (κ3) is 3.16. The summed E-state index contributed by atoms with van der Waals surface area (Å²) in [4.78, 5) is 31.5. The fourth-order valence-corrected chi connectivity index (χ4v) is 4.16.